The van der Waals surface area contributed by atoms with Crippen LogP contribution in [0.4, 0.5) is 0 Å². The minimum Gasteiger partial charge on any atom is -0.342 e. The first-order chi connectivity index (χ1) is 10.6. The van der Waals surface area contributed by atoms with Crippen LogP contribution in [0.3, 0.4) is 0 Å². The highest BCUT2D eigenvalue weighted by molar-refractivity contribution is 8.00. The smallest absolute Gasteiger partial charge is 0.240 e. The van der Waals surface area contributed by atoms with Gasteiger partial charge in [-0.15, -0.1) is 11.8 Å². The fraction of sp³-hybridized carbons (Fsp3) is 0.714. The van der Waals surface area contributed by atoms with Crippen molar-refractivity contribution in [3.8, 4) is 0 Å². The molecule has 0 unspecified atom stereocenters. The van der Waals surface area contributed by atoms with Crippen molar-refractivity contribution in [1.29, 1.82) is 0 Å². The summed E-state index contributed by atoms with van der Waals surface area (Å²) in [4.78, 5) is 29.9. The monoisotopic (exact) mass is 324 g/mol. The second-order valence-corrected chi connectivity index (χ2v) is 6.85. The van der Waals surface area contributed by atoms with Gasteiger partial charge in [-0.25, -0.2) is 0 Å². The summed E-state index contributed by atoms with van der Waals surface area (Å²) < 4.78 is 5.09. The molecule has 0 aromatic carbocycles. The number of nitrogens with one attached hydrogen (secondary N) is 1. The molecule has 1 N–H and O–H groups in total. The van der Waals surface area contributed by atoms with Gasteiger partial charge in [0.1, 0.15) is 12.1 Å². The molecule has 22 heavy (non-hydrogen) atoms. The lowest BCUT2D eigenvalue weighted by Gasteiger charge is -2.35. The lowest BCUT2D eigenvalue weighted by Crippen LogP contribution is -2.51. The SMILES string of the molecule is Cc1nc(C2(NC(=O)CN3CSCC3=O)CCCCC2)no1. The van der Waals surface area contributed by atoms with Crippen molar-refractivity contribution in [2.24, 2.45) is 0 Å². The van der Waals surface area contributed by atoms with Gasteiger partial charge >= 0.3 is 0 Å². The summed E-state index contributed by atoms with van der Waals surface area (Å²) in [7, 11) is 0. The van der Waals surface area contributed by atoms with Crippen molar-refractivity contribution in [1.82, 2.24) is 20.4 Å². The zero-order valence-corrected chi connectivity index (χ0v) is 13.4. The molecule has 2 aliphatic rings. The number of aryl methyl sites for hydroxylation is 1. The molecule has 1 aromatic rings. The Morgan fingerprint density at radius 3 is 2.77 bits per heavy atom. The summed E-state index contributed by atoms with van der Waals surface area (Å²) >= 11 is 1.53. The van der Waals surface area contributed by atoms with Crippen LogP contribution in [0.1, 0.15) is 43.8 Å². The number of hydrogen-bond donors (Lipinski definition) is 1. The van der Waals surface area contributed by atoms with Crippen LogP contribution in [0.25, 0.3) is 0 Å². The fourth-order valence-corrected chi connectivity index (χ4v) is 3.98. The standard InChI is InChI=1S/C14H20N4O3S/c1-10-15-13(17-21-10)14(5-3-2-4-6-14)16-11(19)7-18-9-22-8-12(18)20/h2-9H2,1H3,(H,16,19). The van der Waals surface area contributed by atoms with Crippen LogP contribution < -0.4 is 5.32 Å². The molecule has 1 saturated carbocycles. The molecule has 1 aliphatic carbocycles. The molecule has 7 nitrogen and oxygen atoms in total. The molecule has 120 valence electrons. The maximum absolute atomic E-state index is 12.4. The first-order valence-corrected chi connectivity index (χ1v) is 8.72. The van der Waals surface area contributed by atoms with Gasteiger partial charge < -0.3 is 14.7 Å². The van der Waals surface area contributed by atoms with E-state index in [1.54, 1.807) is 11.8 Å². The van der Waals surface area contributed by atoms with Crippen LogP contribution in [-0.2, 0) is 15.1 Å². The summed E-state index contributed by atoms with van der Waals surface area (Å²) in [5, 5.41) is 7.11. The summed E-state index contributed by atoms with van der Waals surface area (Å²) in [6.07, 6.45) is 4.80. The minimum absolute atomic E-state index is 0.0215. The van der Waals surface area contributed by atoms with Crippen LogP contribution >= 0.6 is 11.8 Å². The number of thioether (sulfide) groups is 1. The van der Waals surface area contributed by atoms with Crippen molar-refractivity contribution in [3.05, 3.63) is 11.7 Å². The Labute approximate surface area is 133 Å². The van der Waals surface area contributed by atoms with Gasteiger partial charge in [-0.2, -0.15) is 4.98 Å². The van der Waals surface area contributed by atoms with Gasteiger partial charge in [-0.05, 0) is 12.8 Å². The number of nitrogens with zero attached hydrogens (tertiary/aromatic N) is 3. The number of carbonyl (C=O) groups excluding carboxylic acids is 2. The molecule has 2 fully saturated rings. The maximum atomic E-state index is 12.4. The Bertz CT molecular complexity index is 568. The highest BCUT2D eigenvalue weighted by Crippen LogP contribution is 2.35. The molecule has 1 saturated heterocycles. The largest absolute Gasteiger partial charge is 0.342 e. The van der Waals surface area contributed by atoms with E-state index < -0.39 is 5.54 Å². The molecule has 1 aromatic heterocycles. The number of carbonyl (C=O) groups is 2. The van der Waals surface area contributed by atoms with Gasteiger partial charge in [0.05, 0.1) is 11.6 Å². The normalized spacial score (nSPS) is 21.1. The summed E-state index contributed by atoms with van der Waals surface area (Å²) in [6.45, 7) is 1.85. The van der Waals surface area contributed by atoms with Gasteiger partial charge in [-0.1, -0.05) is 24.4 Å². The second kappa shape index (κ2) is 6.28. The van der Waals surface area contributed by atoms with Gasteiger partial charge in [0, 0.05) is 6.92 Å². The van der Waals surface area contributed by atoms with Crippen molar-refractivity contribution in [2.75, 3.05) is 18.2 Å². The van der Waals surface area contributed by atoms with E-state index in [4.69, 9.17) is 4.52 Å². The van der Waals surface area contributed by atoms with Gasteiger partial charge in [-0.3, -0.25) is 9.59 Å². The van der Waals surface area contributed by atoms with E-state index in [2.05, 4.69) is 15.5 Å². The third kappa shape index (κ3) is 3.11. The number of amides is 2. The highest BCUT2D eigenvalue weighted by atomic mass is 32.2. The summed E-state index contributed by atoms with van der Waals surface area (Å²) in [6, 6.07) is 0. The Balaban J connectivity index is 1.72. The van der Waals surface area contributed by atoms with Crippen LogP contribution in [0.5, 0.6) is 0 Å². The molecule has 0 radical (unpaired) electrons. The van der Waals surface area contributed by atoms with Crippen molar-refractivity contribution in [3.63, 3.8) is 0 Å². The van der Waals surface area contributed by atoms with Crippen molar-refractivity contribution >= 4 is 23.6 Å². The molecule has 1 aliphatic heterocycles. The van der Waals surface area contributed by atoms with Crippen LogP contribution in [0.15, 0.2) is 4.52 Å². The molecule has 3 rings (SSSR count). The quantitative estimate of drug-likeness (QED) is 0.895. The Morgan fingerprint density at radius 2 is 2.18 bits per heavy atom. The molecule has 2 heterocycles. The van der Waals surface area contributed by atoms with Crippen LogP contribution in [-0.4, -0.2) is 45.0 Å². The van der Waals surface area contributed by atoms with Crippen molar-refractivity contribution in [2.45, 2.75) is 44.6 Å². The zero-order chi connectivity index (χ0) is 15.6. The zero-order valence-electron chi connectivity index (χ0n) is 12.6. The molecule has 0 atom stereocenters. The van der Waals surface area contributed by atoms with E-state index in [0.29, 0.717) is 23.3 Å². The number of aromatic nitrogens is 2. The lowest BCUT2D eigenvalue weighted by atomic mass is 9.81. The Hall–Kier alpha value is -1.57. The summed E-state index contributed by atoms with van der Waals surface area (Å²) in [5.41, 5.74) is -0.553. The van der Waals surface area contributed by atoms with E-state index in [-0.39, 0.29) is 18.4 Å². The molecule has 2 amide bonds. The Morgan fingerprint density at radius 1 is 1.41 bits per heavy atom. The molecular weight excluding hydrogens is 304 g/mol. The minimum atomic E-state index is -0.553. The predicted molar refractivity (Wildman–Crippen MR) is 81.0 cm³/mol. The van der Waals surface area contributed by atoms with Gasteiger partial charge in [0.25, 0.3) is 0 Å². The molecule has 8 heteroatoms. The van der Waals surface area contributed by atoms with E-state index in [0.717, 1.165) is 32.1 Å². The second-order valence-electron chi connectivity index (χ2n) is 5.90. The lowest BCUT2D eigenvalue weighted by molar-refractivity contribution is -0.133. The van der Waals surface area contributed by atoms with E-state index in [1.165, 1.54) is 11.8 Å². The molecular formula is C14H20N4O3S. The first-order valence-electron chi connectivity index (χ1n) is 7.56. The Kier molecular flexibility index (Phi) is 4.37. The van der Waals surface area contributed by atoms with Crippen molar-refractivity contribution < 1.29 is 14.1 Å². The van der Waals surface area contributed by atoms with Crippen LogP contribution in [0.2, 0.25) is 0 Å². The predicted octanol–water partition coefficient (Wildman–Crippen LogP) is 1.19. The topological polar surface area (TPSA) is 88.3 Å². The fourth-order valence-electron chi connectivity index (χ4n) is 3.07. The number of hydrogen-bond acceptors (Lipinski definition) is 6. The van der Waals surface area contributed by atoms with Gasteiger partial charge in [0.2, 0.25) is 17.7 Å². The molecule has 0 bridgehead atoms. The third-order valence-corrected chi connectivity index (χ3v) is 5.15. The molecule has 0 spiro atoms. The maximum Gasteiger partial charge on any atom is 0.240 e. The highest BCUT2D eigenvalue weighted by Gasteiger charge is 2.40. The average molecular weight is 324 g/mol. The summed E-state index contributed by atoms with van der Waals surface area (Å²) in [5.74, 6) is 1.97. The third-order valence-electron chi connectivity index (χ3n) is 4.20. The van der Waals surface area contributed by atoms with E-state index in [1.807, 2.05) is 0 Å². The first kappa shape index (κ1) is 15.3. The van der Waals surface area contributed by atoms with Crippen LogP contribution in [0, 0.1) is 6.92 Å². The van der Waals surface area contributed by atoms with E-state index in [9.17, 15) is 9.59 Å². The number of rotatable bonds is 4. The average Bonchev–Trinajstić information content (AvgIpc) is 3.10. The van der Waals surface area contributed by atoms with E-state index >= 15 is 0 Å². The van der Waals surface area contributed by atoms with Gasteiger partial charge in [0.15, 0.2) is 5.82 Å².